The Labute approximate surface area is 133 Å². The highest BCUT2D eigenvalue weighted by molar-refractivity contribution is 7.08. The van der Waals surface area contributed by atoms with Gasteiger partial charge in [0, 0.05) is 10.9 Å². The Morgan fingerprint density at radius 3 is 3.00 bits per heavy atom. The van der Waals surface area contributed by atoms with Gasteiger partial charge in [-0.25, -0.2) is 0 Å². The fraction of sp³-hybridized carbons (Fsp3) is 0.533. The van der Waals surface area contributed by atoms with Gasteiger partial charge in [-0.3, -0.25) is 9.69 Å². The standard InChI is InChI=1S/C15H19N3O3S/c1-2-20-15(19)11-3-6-18(7-4-11)9-13-16-14(17-21-13)12-5-8-22-10-12/h5,8,10-11H,2-4,6-7,9H2,1H3. The molecule has 118 valence electrons. The summed E-state index contributed by atoms with van der Waals surface area (Å²) in [6.45, 7) is 4.62. The molecule has 0 unspecified atom stereocenters. The summed E-state index contributed by atoms with van der Waals surface area (Å²) in [7, 11) is 0. The van der Waals surface area contributed by atoms with Crippen LogP contribution in [-0.4, -0.2) is 40.7 Å². The molecular weight excluding hydrogens is 302 g/mol. The van der Waals surface area contributed by atoms with Crippen LogP contribution in [0.25, 0.3) is 11.4 Å². The molecule has 2 aromatic rings. The van der Waals surface area contributed by atoms with Crippen molar-refractivity contribution in [2.24, 2.45) is 5.92 Å². The molecule has 0 aromatic carbocycles. The van der Waals surface area contributed by atoms with Gasteiger partial charge >= 0.3 is 5.97 Å². The van der Waals surface area contributed by atoms with Gasteiger partial charge in [0.25, 0.3) is 0 Å². The highest BCUT2D eigenvalue weighted by atomic mass is 32.1. The molecule has 22 heavy (non-hydrogen) atoms. The number of esters is 1. The molecule has 0 aliphatic carbocycles. The third-order valence-electron chi connectivity index (χ3n) is 3.81. The van der Waals surface area contributed by atoms with Gasteiger partial charge in [-0.2, -0.15) is 16.3 Å². The maximum atomic E-state index is 11.7. The number of thiophene rings is 1. The SMILES string of the molecule is CCOC(=O)C1CCN(Cc2nc(-c3ccsc3)no2)CC1. The predicted octanol–water partition coefficient (Wildman–Crippen LogP) is 2.57. The van der Waals surface area contributed by atoms with E-state index < -0.39 is 0 Å². The van der Waals surface area contributed by atoms with Crippen molar-refractivity contribution in [1.29, 1.82) is 0 Å². The van der Waals surface area contributed by atoms with Crippen molar-refractivity contribution in [2.45, 2.75) is 26.3 Å². The van der Waals surface area contributed by atoms with Crippen LogP contribution in [0.3, 0.4) is 0 Å². The molecule has 1 aliphatic heterocycles. The molecule has 3 heterocycles. The molecule has 1 saturated heterocycles. The second-order valence-electron chi connectivity index (χ2n) is 5.33. The van der Waals surface area contributed by atoms with Crippen molar-refractivity contribution in [3.8, 4) is 11.4 Å². The van der Waals surface area contributed by atoms with Crippen LogP contribution >= 0.6 is 11.3 Å². The molecule has 6 nitrogen and oxygen atoms in total. The summed E-state index contributed by atoms with van der Waals surface area (Å²) in [6.07, 6.45) is 1.65. The van der Waals surface area contributed by atoms with Crippen molar-refractivity contribution in [1.82, 2.24) is 15.0 Å². The molecule has 0 radical (unpaired) electrons. The van der Waals surface area contributed by atoms with Crippen molar-refractivity contribution >= 4 is 17.3 Å². The smallest absolute Gasteiger partial charge is 0.309 e. The van der Waals surface area contributed by atoms with Crippen LogP contribution in [0, 0.1) is 5.92 Å². The number of hydrogen-bond donors (Lipinski definition) is 0. The minimum absolute atomic E-state index is 0.0280. The highest BCUT2D eigenvalue weighted by Crippen LogP contribution is 2.22. The van der Waals surface area contributed by atoms with E-state index in [2.05, 4.69) is 15.0 Å². The van der Waals surface area contributed by atoms with Gasteiger partial charge in [-0.1, -0.05) is 5.16 Å². The fourth-order valence-corrected chi connectivity index (χ4v) is 3.24. The van der Waals surface area contributed by atoms with E-state index in [9.17, 15) is 4.79 Å². The molecule has 0 amide bonds. The van der Waals surface area contributed by atoms with Gasteiger partial charge in [0.2, 0.25) is 11.7 Å². The molecule has 0 bridgehead atoms. The maximum Gasteiger partial charge on any atom is 0.309 e. The number of piperidine rings is 1. The minimum Gasteiger partial charge on any atom is -0.466 e. The fourth-order valence-electron chi connectivity index (χ4n) is 2.61. The van der Waals surface area contributed by atoms with Crippen molar-refractivity contribution in [2.75, 3.05) is 19.7 Å². The van der Waals surface area contributed by atoms with Gasteiger partial charge in [0.05, 0.1) is 19.1 Å². The van der Waals surface area contributed by atoms with E-state index >= 15 is 0 Å². The van der Waals surface area contributed by atoms with Gasteiger partial charge in [0.15, 0.2) is 0 Å². The van der Waals surface area contributed by atoms with Gasteiger partial charge in [-0.05, 0) is 44.3 Å². The van der Waals surface area contributed by atoms with E-state index in [0.717, 1.165) is 31.5 Å². The molecule has 0 saturated carbocycles. The normalized spacial score (nSPS) is 16.8. The number of carbonyl (C=O) groups excluding carboxylic acids is 1. The topological polar surface area (TPSA) is 68.5 Å². The van der Waals surface area contributed by atoms with Crippen LogP contribution < -0.4 is 0 Å². The van der Waals surface area contributed by atoms with E-state index in [1.54, 1.807) is 11.3 Å². The lowest BCUT2D eigenvalue weighted by Gasteiger charge is -2.29. The lowest BCUT2D eigenvalue weighted by molar-refractivity contribution is -0.149. The summed E-state index contributed by atoms with van der Waals surface area (Å²) in [5.74, 6) is 1.22. The summed E-state index contributed by atoms with van der Waals surface area (Å²) in [5, 5.41) is 8.00. The molecule has 3 rings (SSSR count). The number of ether oxygens (including phenoxy) is 1. The van der Waals surface area contributed by atoms with E-state index in [4.69, 9.17) is 9.26 Å². The summed E-state index contributed by atoms with van der Waals surface area (Å²) >= 11 is 1.61. The molecule has 2 aromatic heterocycles. The Morgan fingerprint density at radius 1 is 1.50 bits per heavy atom. The number of likely N-dealkylation sites (tertiary alicyclic amines) is 1. The first-order valence-electron chi connectivity index (χ1n) is 7.50. The Hall–Kier alpha value is -1.73. The van der Waals surface area contributed by atoms with Crippen molar-refractivity contribution in [3.05, 3.63) is 22.7 Å². The van der Waals surface area contributed by atoms with Crippen molar-refractivity contribution < 1.29 is 14.1 Å². The average Bonchev–Trinajstić information content (AvgIpc) is 3.19. The Bertz CT molecular complexity index is 603. The average molecular weight is 321 g/mol. The van der Waals surface area contributed by atoms with Crippen LogP contribution in [0.4, 0.5) is 0 Å². The van der Waals surface area contributed by atoms with Gasteiger partial charge in [-0.15, -0.1) is 0 Å². The first-order valence-corrected chi connectivity index (χ1v) is 8.44. The third kappa shape index (κ3) is 3.53. The summed E-state index contributed by atoms with van der Waals surface area (Å²) in [6, 6.07) is 1.98. The Kier molecular flexibility index (Phi) is 4.84. The van der Waals surface area contributed by atoms with E-state index in [1.165, 1.54) is 0 Å². The first-order chi connectivity index (χ1) is 10.8. The zero-order valence-corrected chi connectivity index (χ0v) is 13.3. The largest absolute Gasteiger partial charge is 0.466 e. The Morgan fingerprint density at radius 2 is 2.32 bits per heavy atom. The number of hydrogen-bond acceptors (Lipinski definition) is 7. The maximum absolute atomic E-state index is 11.7. The van der Waals surface area contributed by atoms with Gasteiger partial charge < -0.3 is 9.26 Å². The molecule has 1 aliphatic rings. The lowest BCUT2D eigenvalue weighted by Crippen LogP contribution is -2.36. The second kappa shape index (κ2) is 7.02. The number of carbonyl (C=O) groups is 1. The quantitative estimate of drug-likeness (QED) is 0.788. The van der Waals surface area contributed by atoms with Crippen LogP contribution in [0.1, 0.15) is 25.7 Å². The van der Waals surface area contributed by atoms with Crippen LogP contribution in [0.2, 0.25) is 0 Å². The van der Waals surface area contributed by atoms with Crippen LogP contribution in [0.15, 0.2) is 21.3 Å². The molecule has 0 spiro atoms. The summed E-state index contributed by atoms with van der Waals surface area (Å²) in [4.78, 5) is 18.4. The summed E-state index contributed by atoms with van der Waals surface area (Å²) in [5.41, 5.74) is 0.987. The summed E-state index contributed by atoms with van der Waals surface area (Å²) < 4.78 is 10.4. The van der Waals surface area contributed by atoms with Crippen molar-refractivity contribution in [3.63, 3.8) is 0 Å². The monoisotopic (exact) mass is 321 g/mol. The van der Waals surface area contributed by atoms with E-state index in [0.29, 0.717) is 24.9 Å². The lowest BCUT2D eigenvalue weighted by atomic mass is 9.97. The number of aromatic nitrogens is 2. The molecule has 7 heteroatoms. The van der Waals surface area contributed by atoms with E-state index in [1.807, 2.05) is 23.8 Å². The van der Waals surface area contributed by atoms with Gasteiger partial charge in [0.1, 0.15) is 0 Å². The number of nitrogens with zero attached hydrogens (tertiary/aromatic N) is 3. The predicted molar refractivity (Wildman–Crippen MR) is 82.2 cm³/mol. The zero-order valence-electron chi connectivity index (χ0n) is 12.5. The second-order valence-corrected chi connectivity index (χ2v) is 6.11. The van der Waals surface area contributed by atoms with Crippen LogP contribution in [0.5, 0.6) is 0 Å². The zero-order chi connectivity index (χ0) is 15.4. The third-order valence-corrected chi connectivity index (χ3v) is 4.50. The Balaban J connectivity index is 1.52. The molecule has 0 N–H and O–H groups in total. The first kappa shape index (κ1) is 15.2. The van der Waals surface area contributed by atoms with Crippen LogP contribution in [-0.2, 0) is 16.1 Å². The number of rotatable bonds is 5. The highest BCUT2D eigenvalue weighted by Gasteiger charge is 2.26. The molecule has 0 atom stereocenters. The minimum atomic E-state index is -0.0697. The molecular formula is C15H19N3O3S. The van der Waals surface area contributed by atoms with E-state index in [-0.39, 0.29) is 11.9 Å². The molecule has 1 fully saturated rings.